The van der Waals surface area contributed by atoms with Crippen LogP contribution >= 0.6 is 11.3 Å². The summed E-state index contributed by atoms with van der Waals surface area (Å²) in [6, 6.07) is 8.56. The molecule has 2 rings (SSSR count). The standard InChI is InChI=1S/C15H22N2OS/c1-5-16-13(15(2,3)18-4)10-14-17-11-8-6-7-9-12(11)19-14/h6-9,13,16H,5,10H2,1-4H3. The van der Waals surface area contributed by atoms with E-state index in [9.17, 15) is 0 Å². The van der Waals surface area contributed by atoms with Crippen LogP contribution in [-0.4, -0.2) is 30.3 Å². The zero-order chi connectivity index (χ0) is 13.9. The van der Waals surface area contributed by atoms with E-state index in [1.807, 2.05) is 6.07 Å². The van der Waals surface area contributed by atoms with Gasteiger partial charge in [0.05, 0.1) is 20.8 Å². The van der Waals surface area contributed by atoms with Crippen LogP contribution in [0.5, 0.6) is 0 Å². The van der Waals surface area contributed by atoms with Crippen LogP contribution in [0.4, 0.5) is 0 Å². The fourth-order valence-corrected chi connectivity index (χ4v) is 3.15. The predicted molar refractivity (Wildman–Crippen MR) is 81.9 cm³/mol. The molecule has 1 unspecified atom stereocenters. The van der Waals surface area contributed by atoms with Gasteiger partial charge in [-0.15, -0.1) is 11.3 Å². The van der Waals surface area contributed by atoms with Gasteiger partial charge in [0.2, 0.25) is 0 Å². The number of likely N-dealkylation sites (N-methyl/N-ethyl adjacent to an activating group) is 1. The maximum Gasteiger partial charge on any atom is 0.0955 e. The van der Waals surface area contributed by atoms with Crippen LogP contribution < -0.4 is 5.32 Å². The number of methoxy groups -OCH3 is 1. The summed E-state index contributed by atoms with van der Waals surface area (Å²) in [4.78, 5) is 4.71. The summed E-state index contributed by atoms with van der Waals surface area (Å²) in [6.07, 6.45) is 0.897. The Kier molecular flexibility index (Phi) is 4.55. The number of hydrogen-bond acceptors (Lipinski definition) is 4. The second-order valence-electron chi connectivity index (χ2n) is 5.20. The molecule has 0 aliphatic carbocycles. The number of rotatable bonds is 6. The zero-order valence-electron chi connectivity index (χ0n) is 12.1. The Morgan fingerprint density at radius 1 is 1.37 bits per heavy atom. The Hall–Kier alpha value is -0.970. The number of fused-ring (bicyclic) bond motifs is 1. The van der Waals surface area contributed by atoms with Gasteiger partial charge in [0, 0.05) is 19.6 Å². The first-order valence-corrected chi connectivity index (χ1v) is 7.51. The highest BCUT2D eigenvalue weighted by atomic mass is 32.1. The Morgan fingerprint density at radius 2 is 2.11 bits per heavy atom. The van der Waals surface area contributed by atoms with Gasteiger partial charge >= 0.3 is 0 Å². The molecule has 0 aliphatic rings. The minimum Gasteiger partial charge on any atom is -0.377 e. The molecule has 19 heavy (non-hydrogen) atoms. The van der Waals surface area contributed by atoms with E-state index in [1.54, 1.807) is 18.4 Å². The predicted octanol–water partition coefficient (Wildman–Crippen LogP) is 3.24. The summed E-state index contributed by atoms with van der Waals surface area (Å²) in [7, 11) is 1.77. The van der Waals surface area contributed by atoms with Crippen LogP contribution in [0.1, 0.15) is 25.8 Å². The highest BCUT2D eigenvalue weighted by Crippen LogP contribution is 2.25. The normalized spacial score (nSPS) is 13.9. The molecule has 0 fully saturated rings. The largest absolute Gasteiger partial charge is 0.377 e. The molecule has 0 saturated carbocycles. The minimum atomic E-state index is -0.201. The molecule has 0 aliphatic heterocycles. The summed E-state index contributed by atoms with van der Waals surface area (Å²) >= 11 is 1.77. The molecule has 1 atom stereocenters. The van der Waals surface area contributed by atoms with Crippen molar-refractivity contribution in [3.63, 3.8) is 0 Å². The van der Waals surface area contributed by atoms with Gasteiger partial charge in [-0.1, -0.05) is 19.1 Å². The van der Waals surface area contributed by atoms with Crippen molar-refractivity contribution in [3.8, 4) is 0 Å². The molecular weight excluding hydrogens is 256 g/mol. The Morgan fingerprint density at radius 3 is 2.74 bits per heavy atom. The van der Waals surface area contributed by atoms with E-state index in [2.05, 4.69) is 44.3 Å². The first kappa shape index (κ1) is 14.4. The number of benzene rings is 1. The number of nitrogens with one attached hydrogen (secondary N) is 1. The van der Waals surface area contributed by atoms with E-state index in [4.69, 9.17) is 9.72 Å². The third-order valence-corrected chi connectivity index (χ3v) is 4.59. The molecule has 0 saturated heterocycles. The summed E-state index contributed by atoms with van der Waals surface area (Å²) in [6.45, 7) is 7.29. The second-order valence-corrected chi connectivity index (χ2v) is 6.31. The number of para-hydroxylation sites is 1. The topological polar surface area (TPSA) is 34.2 Å². The summed E-state index contributed by atoms with van der Waals surface area (Å²) in [5, 5.41) is 4.67. The van der Waals surface area contributed by atoms with Crippen molar-refractivity contribution in [2.24, 2.45) is 0 Å². The molecule has 1 aromatic carbocycles. The number of thiazole rings is 1. The molecule has 2 aromatic rings. The van der Waals surface area contributed by atoms with Gasteiger partial charge in [-0.25, -0.2) is 4.98 Å². The molecule has 4 heteroatoms. The van der Waals surface area contributed by atoms with Crippen LogP contribution in [0.2, 0.25) is 0 Å². The molecule has 1 aromatic heterocycles. The summed E-state index contributed by atoms with van der Waals surface area (Å²) < 4.78 is 6.87. The minimum absolute atomic E-state index is 0.201. The SMILES string of the molecule is CCNC(Cc1nc2ccccc2s1)C(C)(C)OC. The van der Waals surface area contributed by atoms with Crippen LogP contribution in [0.15, 0.2) is 24.3 Å². The highest BCUT2D eigenvalue weighted by Gasteiger charge is 2.29. The van der Waals surface area contributed by atoms with E-state index in [1.165, 1.54) is 4.70 Å². The van der Waals surface area contributed by atoms with Gasteiger partial charge in [-0.3, -0.25) is 0 Å². The third-order valence-electron chi connectivity index (χ3n) is 3.53. The Labute approximate surface area is 119 Å². The molecule has 1 heterocycles. The van der Waals surface area contributed by atoms with Crippen molar-refractivity contribution in [2.45, 2.75) is 38.8 Å². The number of nitrogens with zero attached hydrogens (tertiary/aromatic N) is 1. The van der Waals surface area contributed by atoms with Gasteiger partial charge in [0.25, 0.3) is 0 Å². The van der Waals surface area contributed by atoms with Crippen molar-refractivity contribution in [1.82, 2.24) is 10.3 Å². The quantitative estimate of drug-likeness (QED) is 0.881. The van der Waals surface area contributed by atoms with E-state index >= 15 is 0 Å². The fraction of sp³-hybridized carbons (Fsp3) is 0.533. The maximum absolute atomic E-state index is 5.61. The number of hydrogen-bond donors (Lipinski definition) is 1. The number of ether oxygens (including phenoxy) is 1. The lowest BCUT2D eigenvalue weighted by atomic mass is 9.95. The Balaban J connectivity index is 2.21. The van der Waals surface area contributed by atoms with Crippen molar-refractivity contribution in [1.29, 1.82) is 0 Å². The molecule has 3 nitrogen and oxygen atoms in total. The third kappa shape index (κ3) is 3.32. The number of aromatic nitrogens is 1. The van der Waals surface area contributed by atoms with Crippen LogP contribution in [-0.2, 0) is 11.2 Å². The van der Waals surface area contributed by atoms with E-state index in [-0.39, 0.29) is 11.6 Å². The van der Waals surface area contributed by atoms with Gasteiger partial charge < -0.3 is 10.1 Å². The van der Waals surface area contributed by atoms with Gasteiger partial charge in [-0.05, 0) is 32.5 Å². The monoisotopic (exact) mass is 278 g/mol. The van der Waals surface area contributed by atoms with Crippen molar-refractivity contribution in [3.05, 3.63) is 29.3 Å². The van der Waals surface area contributed by atoms with Gasteiger partial charge in [0.15, 0.2) is 0 Å². The van der Waals surface area contributed by atoms with Gasteiger partial charge in [-0.2, -0.15) is 0 Å². The van der Waals surface area contributed by atoms with E-state index in [0.717, 1.165) is 23.5 Å². The molecule has 0 amide bonds. The zero-order valence-corrected chi connectivity index (χ0v) is 12.9. The first-order valence-electron chi connectivity index (χ1n) is 6.69. The van der Waals surface area contributed by atoms with E-state index < -0.39 is 0 Å². The summed E-state index contributed by atoms with van der Waals surface area (Å²) in [5.74, 6) is 0. The molecule has 1 N–H and O–H groups in total. The van der Waals surface area contributed by atoms with Crippen LogP contribution in [0, 0.1) is 0 Å². The van der Waals surface area contributed by atoms with Crippen molar-refractivity contribution < 1.29 is 4.74 Å². The molecule has 0 spiro atoms. The molecule has 0 bridgehead atoms. The average Bonchev–Trinajstić information content (AvgIpc) is 2.80. The van der Waals surface area contributed by atoms with E-state index in [0.29, 0.717) is 0 Å². The Bertz CT molecular complexity index is 503. The molecular formula is C15H22N2OS. The van der Waals surface area contributed by atoms with Crippen LogP contribution in [0.3, 0.4) is 0 Å². The lowest BCUT2D eigenvalue weighted by Gasteiger charge is -2.33. The molecule has 104 valence electrons. The smallest absolute Gasteiger partial charge is 0.0955 e. The molecule has 0 radical (unpaired) electrons. The van der Waals surface area contributed by atoms with Crippen molar-refractivity contribution in [2.75, 3.05) is 13.7 Å². The van der Waals surface area contributed by atoms with Crippen LogP contribution in [0.25, 0.3) is 10.2 Å². The van der Waals surface area contributed by atoms with Crippen molar-refractivity contribution >= 4 is 21.6 Å². The lowest BCUT2D eigenvalue weighted by Crippen LogP contribution is -2.49. The summed E-state index contributed by atoms with van der Waals surface area (Å²) in [5.41, 5.74) is 0.890. The highest BCUT2D eigenvalue weighted by molar-refractivity contribution is 7.18. The fourth-order valence-electron chi connectivity index (χ4n) is 2.13. The average molecular weight is 278 g/mol. The lowest BCUT2D eigenvalue weighted by molar-refractivity contribution is -0.00960. The second kappa shape index (κ2) is 5.99. The first-order chi connectivity index (χ1) is 9.06. The maximum atomic E-state index is 5.61. The van der Waals surface area contributed by atoms with Gasteiger partial charge in [0.1, 0.15) is 0 Å².